The van der Waals surface area contributed by atoms with Crippen LogP contribution in [-0.4, -0.2) is 43.0 Å². The molecule has 8 nitrogen and oxygen atoms in total. The van der Waals surface area contributed by atoms with Gasteiger partial charge in [0.05, 0.1) is 30.7 Å². The first-order valence-corrected chi connectivity index (χ1v) is 10.2. The normalized spacial score (nSPS) is 29.0. The number of carbonyl (C=O) groups excluding carboxylic acids is 1. The van der Waals surface area contributed by atoms with Gasteiger partial charge in [-0.2, -0.15) is 5.26 Å². The van der Waals surface area contributed by atoms with Gasteiger partial charge in [0.1, 0.15) is 17.5 Å². The minimum Gasteiger partial charge on any atom is -0.459 e. The third-order valence-electron chi connectivity index (χ3n) is 5.89. The van der Waals surface area contributed by atoms with E-state index in [2.05, 4.69) is 15.3 Å². The molecule has 31 heavy (non-hydrogen) atoms. The van der Waals surface area contributed by atoms with Crippen molar-refractivity contribution in [1.29, 1.82) is 5.26 Å². The fourth-order valence-corrected chi connectivity index (χ4v) is 4.34. The minimum atomic E-state index is -0.951. The van der Waals surface area contributed by atoms with E-state index in [1.807, 2.05) is 13.0 Å². The van der Waals surface area contributed by atoms with Gasteiger partial charge in [0.2, 0.25) is 0 Å². The van der Waals surface area contributed by atoms with Crippen LogP contribution in [0.1, 0.15) is 31.7 Å². The van der Waals surface area contributed by atoms with Crippen LogP contribution in [0.5, 0.6) is 0 Å². The Morgan fingerprint density at radius 1 is 1.35 bits per heavy atom. The first kappa shape index (κ1) is 21.0. The third kappa shape index (κ3) is 4.30. The lowest BCUT2D eigenvalue weighted by atomic mass is 9.76. The average molecular weight is 425 g/mol. The Labute approximate surface area is 179 Å². The van der Waals surface area contributed by atoms with Crippen molar-refractivity contribution < 1.29 is 18.7 Å². The van der Waals surface area contributed by atoms with Crippen LogP contribution in [0.2, 0.25) is 0 Å². The lowest BCUT2D eigenvalue weighted by Crippen LogP contribution is -2.51. The Bertz CT molecular complexity index is 995. The van der Waals surface area contributed by atoms with E-state index in [1.54, 1.807) is 18.2 Å². The molecule has 9 heteroatoms. The Hall–Kier alpha value is -3.25. The van der Waals surface area contributed by atoms with Crippen LogP contribution in [0.3, 0.4) is 0 Å². The largest absolute Gasteiger partial charge is 0.459 e. The van der Waals surface area contributed by atoms with Gasteiger partial charge in [0.15, 0.2) is 0 Å². The quantitative estimate of drug-likeness (QED) is 0.720. The van der Waals surface area contributed by atoms with Crippen molar-refractivity contribution in [2.45, 2.75) is 43.4 Å². The van der Waals surface area contributed by atoms with Crippen LogP contribution in [0, 0.1) is 23.1 Å². The lowest BCUT2D eigenvalue weighted by Gasteiger charge is -2.45. The van der Waals surface area contributed by atoms with Crippen LogP contribution < -0.4 is 11.1 Å². The van der Waals surface area contributed by atoms with Crippen molar-refractivity contribution in [3.8, 4) is 6.07 Å². The van der Waals surface area contributed by atoms with Crippen molar-refractivity contribution in [3.05, 3.63) is 41.7 Å². The number of amidine groups is 1. The number of anilines is 1. The third-order valence-corrected chi connectivity index (χ3v) is 5.89. The zero-order chi connectivity index (χ0) is 22.1. The monoisotopic (exact) mass is 425 g/mol. The molecule has 0 radical (unpaired) electrons. The van der Waals surface area contributed by atoms with Gasteiger partial charge in [-0.15, -0.1) is 0 Å². The number of benzene rings is 1. The number of amides is 1. The molecule has 1 amide bonds. The minimum absolute atomic E-state index is 0.0261. The predicted molar refractivity (Wildman–Crippen MR) is 113 cm³/mol. The molecule has 0 bridgehead atoms. The van der Waals surface area contributed by atoms with E-state index in [9.17, 15) is 9.18 Å². The summed E-state index contributed by atoms with van der Waals surface area (Å²) in [6.45, 7) is 2.91. The highest BCUT2D eigenvalue weighted by Gasteiger charge is 2.47. The van der Waals surface area contributed by atoms with E-state index in [-0.39, 0.29) is 11.9 Å². The smallest absolute Gasteiger partial charge is 0.283 e. The highest BCUT2D eigenvalue weighted by molar-refractivity contribution is 5.97. The Morgan fingerprint density at radius 2 is 2.13 bits per heavy atom. The molecule has 162 valence electrons. The second-order valence-corrected chi connectivity index (χ2v) is 8.26. The Morgan fingerprint density at radius 3 is 2.81 bits per heavy atom. The summed E-state index contributed by atoms with van der Waals surface area (Å²) in [6, 6.07) is 5.71. The van der Waals surface area contributed by atoms with Gasteiger partial charge in [-0.3, -0.25) is 9.79 Å². The number of allylic oxidation sites excluding steroid dienone is 1. The zero-order valence-electron chi connectivity index (χ0n) is 17.2. The van der Waals surface area contributed by atoms with Crippen molar-refractivity contribution >= 4 is 23.8 Å². The van der Waals surface area contributed by atoms with Gasteiger partial charge >= 0.3 is 0 Å². The fourth-order valence-electron chi connectivity index (χ4n) is 4.34. The van der Waals surface area contributed by atoms with E-state index in [1.165, 1.54) is 18.3 Å². The van der Waals surface area contributed by atoms with E-state index in [0.29, 0.717) is 43.7 Å². The molecule has 1 saturated heterocycles. The first-order chi connectivity index (χ1) is 14.8. The number of carbonyl (C=O) groups is 1. The predicted octanol–water partition coefficient (Wildman–Crippen LogP) is 2.41. The molecule has 3 heterocycles. The van der Waals surface area contributed by atoms with Gasteiger partial charge in [0, 0.05) is 36.7 Å². The summed E-state index contributed by atoms with van der Waals surface area (Å²) >= 11 is 0. The molecule has 0 saturated carbocycles. The van der Waals surface area contributed by atoms with Crippen LogP contribution in [0.4, 0.5) is 10.1 Å². The first-order valence-electron chi connectivity index (χ1n) is 10.2. The fraction of sp³-hybridized carbons (Fsp3) is 0.455. The summed E-state index contributed by atoms with van der Waals surface area (Å²) in [5, 5.41) is 11.7. The number of nitrogens with one attached hydrogen (secondary N) is 1. The van der Waals surface area contributed by atoms with Crippen molar-refractivity contribution in [1.82, 2.24) is 0 Å². The number of hydrogen-bond acceptors (Lipinski definition) is 7. The molecule has 1 aromatic rings. The number of nitriles is 1. The van der Waals surface area contributed by atoms with Gasteiger partial charge in [-0.1, -0.05) is 12.2 Å². The number of dihydropyridines is 1. The molecule has 1 spiro atoms. The highest BCUT2D eigenvalue weighted by Crippen LogP contribution is 2.44. The number of nitrogens with zero attached hydrogens (tertiary/aromatic N) is 3. The zero-order valence-corrected chi connectivity index (χ0v) is 17.2. The second kappa shape index (κ2) is 8.12. The van der Waals surface area contributed by atoms with E-state index < -0.39 is 28.9 Å². The summed E-state index contributed by atoms with van der Waals surface area (Å²) in [5.41, 5.74) is 5.24. The maximum atomic E-state index is 14.9. The SMILES string of the molecule is CC1(c2cc(NC(=O)C3C=CC(C#N)C=N3)ccc2F)CC2(CCOCC2)OC(N)=N1. The molecule has 3 N–H and O–H groups in total. The average Bonchev–Trinajstić information content (AvgIpc) is 2.74. The molecular weight excluding hydrogens is 401 g/mol. The number of aliphatic imine (C=N–C) groups is 2. The van der Waals surface area contributed by atoms with E-state index in [0.717, 1.165) is 0 Å². The van der Waals surface area contributed by atoms with Crippen molar-refractivity contribution in [2.75, 3.05) is 18.5 Å². The van der Waals surface area contributed by atoms with E-state index >= 15 is 0 Å². The Kier molecular flexibility index (Phi) is 5.50. The molecule has 1 aromatic carbocycles. The molecule has 3 aliphatic heterocycles. The number of rotatable bonds is 3. The van der Waals surface area contributed by atoms with Crippen LogP contribution in [0.15, 0.2) is 40.3 Å². The number of ether oxygens (including phenoxy) is 2. The van der Waals surface area contributed by atoms with Crippen molar-refractivity contribution in [3.63, 3.8) is 0 Å². The molecule has 1 fully saturated rings. The topological polar surface area (TPSA) is 122 Å². The second-order valence-electron chi connectivity index (χ2n) is 8.26. The maximum absolute atomic E-state index is 14.9. The molecule has 3 atom stereocenters. The number of halogens is 1. The number of hydrogen-bond donors (Lipinski definition) is 2. The highest BCUT2D eigenvalue weighted by atomic mass is 19.1. The molecule has 3 aliphatic rings. The van der Waals surface area contributed by atoms with Crippen molar-refractivity contribution in [2.24, 2.45) is 21.6 Å². The summed E-state index contributed by atoms with van der Waals surface area (Å²) in [6.07, 6.45) is 6.38. The standard InChI is InChI=1S/C22H24FN5O3/c1-21(13-22(31-20(25)28-21)6-8-30-9-7-22)16-10-15(3-4-17(16)23)27-19(29)18-5-2-14(11-24)12-26-18/h2-5,10,12,14,18H,6-9,13H2,1H3,(H2,25,28)(H,27,29). The molecule has 0 aromatic heterocycles. The van der Waals surface area contributed by atoms with Crippen LogP contribution in [-0.2, 0) is 19.8 Å². The summed E-state index contributed by atoms with van der Waals surface area (Å²) < 4.78 is 26.2. The van der Waals surface area contributed by atoms with Crippen LogP contribution in [0.25, 0.3) is 0 Å². The molecular formula is C22H24FN5O3. The lowest BCUT2D eigenvalue weighted by molar-refractivity contribution is -0.116. The molecule has 3 unspecified atom stereocenters. The summed E-state index contributed by atoms with van der Waals surface area (Å²) in [4.78, 5) is 21.1. The van der Waals surface area contributed by atoms with Gasteiger partial charge < -0.3 is 20.5 Å². The van der Waals surface area contributed by atoms with Crippen LogP contribution >= 0.6 is 0 Å². The van der Waals surface area contributed by atoms with Gasteiger partial charge in [-0.25, -0.2) is 9.38 Å². The molecule has 0 aliphatic carbocycles. The van der Waals surface area contributed by atoms with E-state index in [4.69, 9.17) is 20.5 Å². The summed E-state index contributed by atoms with van der Waals surface area (Å²) in [5.74, 6) is -1.24. The Balaban J connectivity index is 1.58. The summed E-state index contributed by atoms with van der Waals surface area (Å²) in [7, 11) is 0. The van der Waals surface area contributed by atoms with Gasteiger partial charge in [0.25, 0.3) is 11.9 Å². The molecule has 4 rings (SSSR count). The number of nitrogens with two attached hydrogens (primary N) is 1. The maximum Gasteiger partial charge on any atom is 0.283 e. The van der Waals surface area contributed by atoms with Gasteiger partial charge in [-0.05, 0) is 25.1 Å².